The number of halogens is 1. The van der Waals surface area contributed by atoms with Gasteiger partial charge in [0.05, 0.1) is 23.7 Å². The fourth-order valence-electron chi connectivity index (χ4n) is 3.59. The van der Waals surface area contributed by atoms with Crippen LogP contribution in [-0.2, 0) is 0 Å². The molecule has 7 heteroatoms. The van der Waals surface area contributed by atoms with E-state index in [1.807, 2.05) is 24.3 Å². The van der Waals surface area contributed by atoms with Crippen LogP contribution in [0.1, 0.15) is 6.92 Å². The average Bonchev–Trinajstić information content (AvgIpc) is 2.73. The monoisotopic (exact) mass is 382 g/mol. The van der Waals surface area contributed by atoms with Crippen molar-refractivity contribution >= 4 is 16.9 Å². The number of methoxy groups -OCH3 is 1. The number of anilines is 1. The largest absolute Gasteiger partial charge is 0.497 e. The number of hydrogen-bond donors (Lipinski definition) is 0. The van der Waals surface area contributed by atoms with E-state index in [0.717, 1.165) is 32.7 Å². The van der Waals surface area contributed by atoms with E-state index >= 15 is 0 Å². The molecule has 0 radical (unpaired) electrons. The summed E-state index contributed by atoms with van der Waals surface area (Å²) in [6.07, 6.45) is 0. The second-order valence-electron chi connectivity index (χ2n) is 6.83. The quantitative estimate of drug-likeness (QED) is 0.694. The van der Waals surface area contributed by atoms with E-state index < -0.39 is 5.82 Å². The van der Waals surface area contributed by atoms with Gasteiger partial charge in [-0.15, -0.1) is 0 Å². The lowest BCUT2D eigenvalue weighted by atomic mass is 10.2. The molecule has 28 heavy (non-hydrogen) atoms. The summed E-state index contributed by atoms with van der Waals surface area (Å²) in [6.45, 7) is 6.45. The van der Waals surface area contributed by atoms with Gasteiger partial charge in [0.25, 0.3) is 5.56 Å². The number of likely N-dealkylation sites (N-methyl/N-ethyl adjacent to an activating group) is 1. The number of hydrogen-bond acceptors (Lipinski definition) is 5. The minimum Gasteiger partial charge on any atom is -0.497 e. The number of fused-ring (bicyclic) bond motifs is 1. The molecule has 0 saturated carbocycles. The molecular weight excluding hydrogens is 359 g/mol. The lowest BCUT2D eigenvalue weighted by Gasteiger charge is -2.35. The van der Waals surface area contributed by atoms with Crippen LogP contribution in [0.2, 0.25) is 0 Å². The number of nitrogens with zero attached hydrogens (tertiary/aromatic N) is 4. The van der Waals surface area contributed by atoms with Gasteiger partial charge in [0, 0.05) is 32.2 Å². The summed E-state index contributed by atoms with van der Waals surface area (Å²) in [7, 11) is 1.60. The number of benzene rings is 2. The standard InChI is InChI=1S/C21H23FN4O2/c1-3-24-10-12-25(13-11-24)21-23-19-14-15(22)4-9-18(19)20(27)26(21)16-5-7-17(28-2)8-6-16/h4-9,14H,3,10-13H2,1-2H3. The molecule has 4 rings (SSSR count). The van der Waals surface area contributed by atoms with Gasteiger partial charge in [-0.1, -0.05) is 6.92 Å². The van der Waals surface area contributed by atoms with Gasteiger partial charge in [0.1, 0.15) is 11.6 Å². The van der Waals surface area contributed by atoms with Crippen molar-refractivity contribution in [2.24, 2.45) is 0 Å². The Labute approximate surface area is 162 Å². The fraction of sp³-hybridized carbons (Fsp3) is 0.333. The molecule has 2 heterocycles. The second-order valence-corrected chi connectivity index (χ2v) is 6.83. The smallest absolute Gasteiger partial charge is 0.267 e. The normalized spacial score (nSPS) is 15.2. The van der Waals surface area contributed by atoms with Gasteiger partial charge in [-0.25, -0.2) is 13.9 Å². The molecule has 1 aliphatic rings. The molecule has 1 fully saturated rings. The van der Waals surface area contributed by atoms with Crippen molar-refractivity contribution in [1.29, 1.82) is 0 Å². The van der Waals surface area contributed by atoms with Crippen LogP contribution in [0.15, 0.2) is 47.3 Å². The minimum atomic E-state index is -0.400. The predicted octanol–water partition coefficient (Wildman–Crippen LogP) is 2.68. The van der Waals surface area contributed by atoms with Gasteiger partial charge < -0.3 is 14.5 Å². The highest BCUT2D eigenvalue weighted by Gasteiger charge is 2.22. The highest BCUT2D eigenvalue weighted by molar-refractivity contribution is 5.79. The van der Waals surface area contributed by atoms with Crippen molar-refractivity contribution in [2.45, 2.75) is 6.92 Å². The molecule has 1 aliphatic heterocycles. The molecule has 0 N–H and O–H groups in total. The first-order chi connectivity index (χ1) is 13.6. The van der Waals surface area contributed by atoms with E-state index in [-0.39, 0.29) is 5.56 Å². The highest BCUT2D eigenvalue weighted by atomic mass is 19.1. The summed E-state index contributed by atoms with van der Waals surface area (Å²) >= 11 is 0. The van der Waals surface area contributed by atoms with E-state index in [2.05, 4.69) is 21.7 Å². The van der Waals surface area contributed by atoms with Crippen LogP contribution in [0.3, 0.4) is 0 Å². The third-order valence-electron chi connectivity index (χ3n) is 5.25. The molecule has 146 valence electrons. The van der Waals surface area contributed by atoms with Crippen molar-refractivity contribution in [3.05, 3.63) is 58.6 Å². The van der Waals surface area contributed by atoms with Crippen molar-refractivity contribution < 1.29 is 9.13 Å². The number of rotatable bonds is 4. The third-order valence-corrected chi connectivity index (χ3v) is 5.25. The average molecular weight is 382 g/mol. The van der Waals surface area contributed by atoms with Crippen molar-refractivity contribution in [1.82, 2.24) is 14.5 Å². The van der Waals surface area contributed by atoms with E-state index in [0.29, 0.717) is 28.3 Å². The molecule has 0 atom stereocenters. The van der Waals surface area contributed by atoms with Crippen LogP contribution in [0.5, 0.6) is 5.75 Å². The van der Waals surface area contributed by atoms with Crippen LogP contribution in [0, 0.1) is 5.82 Å². The summed E-state index contributed by atoms with van der Waals surface area (Å²) in [5, 5.41) is 0.396. The molecular formula is C21H23FN4O2. The Kier molecular flexibility index (Phi) is 5.00. The summed E-state index contributed by atoms with van der Waals surface area (Å²) in [5.41, 5.74) is 0.878. The molecule has 0 unspecified atom stereocenters. The van der Waals surface area contributed by atoms with Gasteiger partial charge in [-0.05, 0) is 42.9 Å². The van der Waals surface area contributed by atoms with Crippen LogP contribution < -0.4 is 15.2 Å². The van der Waals surface area contributed by atoms with Gasteiger partial charge >= 0.3 is 0 Å². The van der Waals surface area contributed by atoms with E-state index in [1.165, 1.54) is 18.2 Å². The van der Waals surface area contributed by atoms with E-state index in [4.69, 9.17) is 4.74 Å². The van der Waals surface area contributed by atoms with Gasteiger partial charge in [0.15, 0.2) is 0 Å². The Balaban J connectivity index is 1.88. The maximum absolute atomic E-state index is 13.8. The first-order valence-corrected chi connectivity index (χ1v) is 9.44. The first kappa shape index (κ1) is 18.4. The molecule has 0 bridgehead atoms. The number of piperazine rings is 1. The maximum Gasteiger partial charge on any atom is 0.267 e. The SMILES string of the molecule is CCN1CCN(c2nc3cc(F)ccc3c(=O)n2-c2ccc(OC)cc2)CC1. The Morgan fingerprint density at radius 1 is 1.07 bits per heavy atom. The zero-order valence-corrected chi connectivity index (χ0v) is 16.1. The molecule has 3 aromatic rings. The van der Waals surface area contributed by atoms with Crippen molar-refractivity contribution in [3.63, 3.8) is 0 Å². The van der Waals surface area contributed by atoms with Crippen molar-refractivity contribution in [2.75, 3.05) is 44.7 Å². The molecule has 6 nitrogen and oxygen atoms in total. The zero-order chi connectivity index (χ0) is 19.7. The van der Waals surface area contributed by atoms with E-state index in [1.54, 1.807) is 11.7 Å². The third kappa shape index (κ3) is 3.33. The minimum absolute atomic E-state index is 0.205. The molecule has 2 aromatic carbocycles. The first-order valence-electron chi connectivity index (χ1n) is 9.44. The van der Waals surface area contributed by atoms with Gasteiger partial charge in [-0.3, -0.25) is 4.79 Å². The summed E-state index contributed by atoms with van der Waals surface area (Å²) in [4.78, 5) is 22.5. The zero-order valence-electron chi connectivity index (χ0n) is 16.1. The number of aromatic nitrogens is 2. The second kappa shape index (κ2) is 7.59. The Bertz CT molecular complexity index is 1040. The Morgan fingerprint density at radius 3 is 2.43 bits per heavy atom. The molecule has 0 amide bonds. The summed E-state index contributed by atoms with van der Waals surface area (Å²) < 4.78 is 20.6. The van der Waals surface area contributed by atoms with E-state index in [9.17, 15) is 9.18 Å². The Morgan fingerprint density at radius 2 is 1.79 bits per heavy atom. The highest BCUT2D eigenvalue weighted by Crippen LogP contribution is 2.23. The summed E-state index contributed by atoms with van der Waals surface area (Å²) in [5.74, 6) is 0.859. The van der Waals surface area contributed by atoms with Crippen LogP contribution in [0.25, 0.3) is 16.6 Å². The van der Waals surface area contributed by atoms with Crippen LogP contribution in [-0.4, -0.2) is 54.3 Å². The molecule has 1 saturated heterocycles. The topological polar surface area (TPSA) is 50.6 Å². The van der Waals surface area contributed by atoms with Gasteiger partial charge in [-0.2, -0.15) is 0 Å². The molecule has 1 aromatic heterocycles. The maximum atomic E-state index is 13.8. The lowest BCUT2D eigenvalue weighted by molar-refractivity contribution is 0.269. The van der Waals surface area contributed by atoms with Crippen molar-refractivity contribution in [3.8, 4) is 11.4 Å². The lowest BCUT2D eigenvalue weighted by Crippen LogP contribution is -2.48. The predicted molar refractivity (Wildman–Crippen MR) is 108 cm³/mol. The van der Waals surface area contributed by atoms with Gasteiger partial charge in [0.2, 0.25) is 5.95 Å². The van der Waals surface area contributed by atoms with Crippen LogP contribution >= 0.6 is 0 Å². The van der Waals surface area contributed by atoms with Crippen LogP contribution in [0.4, 0.5) is 10.3 Å². The summed E-state index contributed by atoms with van der Waals surface area (Å²) in [6, 6.07) is 11.4. The number of ether oxygens (including phenoxy) is 1. The fourth-order valence-corrected chi connectivity index (χ4v) is 3.59. The molecule has 0 spiro atoms. The molecule has 0 aliphatic carbocycles. The Hall–Kier alpha value is -2.93.